The van der Waals surface area contributed by atoms with Crippen LogP contribution in [0.5, 0.6) is 0 Å². The van der Waals surface area contributed by atoms with Gasteiger partial charge in [-0.05, 0) is 24.6 Å². The average Bonchev–Trinajstić information content (AvgIpc) is 2.67. The van der Waals surface area contributed by atoms with Crippen LogP contribution in [-0.2, 0) is 35.2 Å². The monoisotopic (exact) mass is 420 g/mol. The average molecular weight is 420 g/mol. The molecule has 0 aliphatic heterocycles. The molecular weight excluding hydrogens is 396 g/mol. The summed E-state index contributed by atoms with van der Waals surface area (Å²) in [5.41, 5.74) is 2.18. The summed E-state index contributed by atoms with van der Waals surface area (Å²) in [6.45, 7) is 2.04. The van der Waals surface area contributed by atoms with E-state index in [0.29, 0.717) is 11.8 Å². The van der Waals surface area contributed by atoms with Crippen LogP contribution in [0.4, 0.5) is 0 Å². The maximum Gasteiger partial charge on any atom is 0.338 e. The van der Waals surface area contributed by atoms with Crippen molar-refractivity contribution in [3.63, 3.8) is 0 Å². The molecular formula is C21H24O7S. The van der Waals surface area contributed by atoms with Crippen LogP contribution < -0.4 is 0 Å². The number of aldehydes is 1. The number of rotatable bonds is 11. The Kier molecular flexibility index (Phi) is 8.50. The number of ether oxygens (including phenoxy) is 2. The Balaban J connectivity index is 1.97. The summed E-state index contributed by atoms with van der Waals surface area (Å²) >= 11 is 0. The van der Waals surface area contributed by atoms with Gasteiger partial charge in [0.15, 0.2) is 12.4 Å². The first-order valence-corrected chi connectivity index (χ1v) is 10.8. The van der Waals surface area contributed by atoms with Crippen molar-refractivity contribution in [1.29, 1.82) is 0 Å². The van der Waals surface area contributed by atoms with E-state index in [1.165, 1.54) is 0 Å². The zero-order chi connectivity index (χ0) is 21.3. The molecule has 0 aliphatic rings. The largest absolute Gasteiger partial charge is 0.451 e. The molecule has 0 fully saturated rings. The summed E-state index contributed by atoms with van der Waals surface area (Å²) in [6, 6.07) is 16.0. The summed E-state index contributed by atoms with van der Waals surface area (Å²) in [7, 11) is -3.79. The predicted molar refractivity (Wildman–Crippen MR) is 107 cm³/mol. The van der Waals surface area contributed by atoms with Gasteiger partial charge in [-0.1, -0.05) is 48.0 Å². The van der Waals surface area contributed by atoms with E-state index in [-0.39, 0.29) is 19.6 Å². The van der Waals surface area contributed by atoms with Crippen molar-refractivity contribution in [1.82, 2.24) is 0 Å². The van der Waals surface area contributed by atoms with Crippen LogP contribution in [0.3, 0.4) is 0 Å². The minimum Gasteiger partial charge on any atom is -0.451 e. The standard InChI is InChI=1S/C21H24O7S/c1-16-8-10-18(11-9-16)21(23)27-19(13-22)12-20(28-29(2,24)25)15-26-14-17-6-4-3-5-7-17/h3-11,13,19-20H,12,14-15H2,1-2H3/t19-,20+/m0/s1. The van der Waals surface area contributed by atoms with E-state index in [9.17, 15) is 18.0 Å². The highest BCUT2D eigenvalue weighted by Gasteiger charge is 2.24. The van der Waals surface area contributed by atoms with E-state index in [1.54, 1.807) is 24.3 Å². The molecule has 0 N–H and O–H groups in total. The third-order valence-corrected chi connectivity index (χ3v) is 4.54. The number of hydrogen-bond donors (Lipinski definition) is 0. The Morgan fingerprint density at radius 2 is 1.72 bits per heavy atom. The third-order valence-electron chi connectivity index (χ3n) is 3.92. The Hall–Kier alpha value is -2.55. The third kappa shape index (κ3) is 8.55. The number of hydrogen-bond acceptors (Lipinski definition) is 7. The molecule has 29 heavy (non-hydrogen) atoms. The summed E-state index contributed by atoms with van der Waals surface area (Å²) in [5.74, 6) is -0.676. The fourth-order valence-corrected chi connectivity index (χ4v) is 3.18. The Bertz CT molecular complexity index is 892. The molecule has 0 amide bonds. The van der Waals surface area contributed by atoms with E-state index in [2.05, 4.69) is 0 Å². The first kappa shape index (κ1) is 22.7. The Morgan fingerprint density at radius 3 is 2.31 bits per heavy atom. The summed E-state index contributed by atoms with van der Waals surface area (Å²) < 4.78 is 38.8. The first-order chi connectivity index (χ1) is 13.8. The van der Waals surface area contributed by atoms with E-state index >= 15 is 0 Å². The molecule has 0 spiro atoms. The summed E-state index contributed by atoms with van der Waals surface area (Å²) in [6.07, 6.45) is -0.943. The smallest absolute Gasteiger partial charge is 0.338 e. The molecule has 2 aromatic rings. The van der Waals surface area contributed by atoms with Crippen molar-refractivity contribution < 1.29 is 31.7 Å². The Labute approximate surface area is 170 Å². The number of carbonyl (C=O) groups is 2. The first-order valence-electron chi connectivity index (χ1n) is 8.99. The number of benzene rings is 2. The lowest BCUT2D eigenvalue weighted by molar-refractivity contribution is -0.117. The molecule has 2 rings (SSSR count). The second kappa shape index (κ2) is 10.8. The molecule has 0 aromatic heterocycles. The normalized spacial score (nSPS) is 13.4. The molecule has 2 aromatic carbocycles. The molecule has 0 aliphatic carbocycles. The lowest BCUT2D eigenvalue weighted by Crippen LogP contribution is -2.31. The van der Waals surface area contributed by atoms with Gasteiger partial charge in [-0.25, -0.2) is 4.79 Å². The van der Waals surface area contributed by atoms with Gasteiger partial charge in [0.05, 0.1) is 25.0 Å². The van der Waals surface area contributed by atoms with Crippen LogP contribution in [0.1, 0.15) is 27.9 Å². The highest BCUT2D eigenvalue weighted by Crippen LogP contribution is 2.13. The molecule has 0 bridgehead atoms. The van der Waals surface area contributed by atoms with Gasteiger partial charge < -0.3 is 9.47 Å². The van der Waals surface area contributed by atoms with Gasteiger partial charge >= 0.3 is 5.97 Å². The van der Waals surface area contributed by atoms with Crippen LogP contribution in [-0.4, -0.2) is 45.7 Å². The van der Waals surface area contributed by atoms with E-state index in [0.717, 1.165) is 17.4 Å². The maximum absolute atomic E-state index is 12.2. The molecule has 156 valence electrons. The van der Waals surface area contributed by atoms with Gasteiger partial charge in [0.1, 0.15) is 6.10 Å². The van der Waals surface area contributed by atoms with Crippen molar-refractivity contribution in [2.24, 2.45) is 0 Å². The minimum atomic E-state index is -3.79. The van der Waals surface area contributed by atoms with E-state index < -0.39 is 28.3 Å². The molecule has 0 radical (unpaired) electrons. The fraction of sp³-hybridized carbons (Fsp3) is 0.333. The summed E-state index contributed by atoms with van der Waals surface area (Å²) in [5, 5.41) is 0. The fourth-order valence-electron chi connectivity index (χ4n) is 2.55. The second-order valence-corrected chi connectivity index (χ2v) is 8.21. The van der Waals surface area contributed by atoms with Gasteiger partial charge in [0.25, 0.3) is 10.1 Å². The van der Waals surface area contributed by atoms with Gasteiger partial charge in [-0.3, -0.25) is 8.98 Å². The maximum atomic E-state index is 12.2. The second-order valence-electron chi connectivity index (χ2n) is 6.60. The molecule has 8 heteroatoms. The van der Waals surface area contributed by atoms with E-state index in [4.69, 9.17) is 13.7 Å². The van der Waals surface area contributed by atoms with Crippen LogP contribution in [0.15, 0.2) is 54.6 Å². The molecule has 0 saturated heterocycles. The predicted octanol–water partition coefficient (Wildman–Crippen LogP) is 2.67. The number of aryl methyl sites for hydroxylation is 1. The lowest BCUT2D eigenvalue weighted by atomic mass is 10.1. The van der Waals surface area contributed by atoms with Gasteiger partial charge in [0.2, 0.25) is 0 Å². The lowest BCUT2D eigenvalue weighted by Gasteiger charge is -2.20. The molecule has 0 unspecified atom stereocenters. The molecule has 7 nitrogen and oxygen atoms in total. The van der Waals surface area contributed by atoms with Gasteiger partial charge in [-0.15, -0.1) is 0 Å². The van der Waals surface area contributed by atoms with E-state index in [1.807, 2.05) is 37.3 Å². The quantitative estimate of drug-likeness (QED) is 0.313. The molecule has 0 heterocycles. The number of carbonyl (C=O) groups excluding carboxylic acids is 2. The zero-order valence-corrected chi connectivity index (χ0v) is 17.1. The van der Waals surface area contributed by atoms with Crippen LogP contribution in [0, 0.1) is 6.92 Å². The van der Waals surface area contributed by atoms with Crippen LogP contribution in [0.2, 0.25) is 0 Å². The van der Waals surface area contributed by atoms with Crippen molar-refractivity contribution in [3.05, 3.63) is 71.3 Å². The minimum absolute atomic E-state index is 0.0889. The number of esters is 1. The van der Waals surface area contributed by atoms with Crippen molar-refractivity contribution >= 4 is 22.4 Å². The highest BCUT2D eigenvalue weighted by atomic mass is 32.2. The van der Waals surface area contributed by atoms with Crippen molar-refractivity contribution in [3.8, 4) is 0 Å². The van der Waals surface area contributed by atoms with Crippen molar-refractivity contribution in [2.75, 3.05) is 12.9 Å². The van der Waals surface area contributed by atoms with Gasteiger partial charge in [-0.2, -0.15) is 8.42 Å². The zero-order valence-electron chi connectivity index (χ0n) is 16.3. The highest BCUT2D eigenvalue weighted by molar-refractivity contribution is 7.86. The Morgan fingerprint density at radius 1 is 1.07 bits per heavy atom. The van der Waals surface area contributed by atoms with Gasteiger partial charge in [0, 0.05) is 6.42 Å². The topological polar surface area (TPSA) is 96.0 Å². The van der Waals surface area contributed by atoms with Crippen LogP contribution >= 0.6 is 0 Å². The summed E-state index contributed by atoms with van der Waals surface area (Å²) in [4.78, 5) is 23.6. The van der Waals surface area contributed by atoms with Crippen molar-refractivity contribution in [2.45, 2.75) is 32.2 Å². The SMILES string of the molecule is Cc1ccc(C(=O)O[C@H](C=O)C[C@H](COCc2ccccc2)OS(C)(=O)=O)cc1. The molecule has 0 saturated carbocycles. The molecule has 2 atom stereocenters. The van der Waals surface area contributed by atoms with Crippen LogP contribution in [0.25, 0.3) is 0 Å².